The first-order valence-corrected chi connectivity index (χ1v) is 24.5. The SMILES string of the molecule is CC1OC(OC2C(OC3CCC4(C)C(CCC5(C)C4CC=C4C6CC(C)(CO)CCC6(C(=O)O)CCC45C)C3(C)CO)OC(CO)C(O)C2O)C(O)C(OC2OC(C(=O)O)C(O)C(O)C2O)C1O. The molecule has 12 N–H and O–H groups in total. The number of carbonyl (C=O) groups is 2. The van der Waals surface area contributed by atoms with Gasteiger partial charge in [0.15, 0.2) is 25.0 Å². The van der Waals surface area contributed by atoms with E-state index in [0.29, 0.717) is 44.9 Å². The number of carboxylic acid groups (broad SMARTS) is 2. The highest BCUT2D eigenvalue weighted by atomic mass is 16.8. The fourth-order valence-electron chi connectivity index (χ4n) is 15.1. The van der Waals surface area contributed by atoms with Crippen LogP contribution >= 0.6 is 0 Å². The van der Waals surface area contributed by atoms with Gasteiger partial charge in [0.2, 0.25) is 0 Å². The molecule has 20 nitrogen and oxygen atoms in total. The summed E-state index contributed by atoms with van der Waals surface area (Å²) in [6, 6.07) is 0. The molecule has 4 saturated carbocycles. The van der Waals surface area contributed by atoms with Crippen LogP contribution in [0.3, 0.4) is 0 Å². The molecule has 3 heterocycles. The van der Waals surface area contributed by atoms with Gasteiger partial charge in [-0.25, -0.2) is 4.79 Å². The molecule has 0 amide bonds. The van der Waals surface area contributed by atoms with Gasteiger partial charge < -0.3 is 89.7 Å². The molecule has 0 radical (unpaired) electrons. The van der Waals surface area contributed by atoms with Gasteiger partial charge in [-0.3, -0.25) is 4.79 Å². The molecule has 0 aromatic carbocycles. The summed E-state index contributed by atoms with van der Waals surface area (Å²) in [6.45, 7) is 11.4. The summed E-state index contributed by atoms with van der Waals surface area (Å²) in [5.41, 5.74) is -1.79. The van der Waals surface area contributed by atoms with Crippen molar-refractivity contribution in [1.82, 2.24) is 0 Å². The third-order valence-electron chi connectivity index (χ3n) is 19.7. The number of aliphatic carboxylic acids is 2. The van der Waals surface area contributed by atoms with Crippen LogP contribution in [0, 0.1) is 50.2 Å². The van der Waals surface area contributed by atoms with Crippen LogP contribution in [-0.4, -0.2) is 191 Å². The lowest BCUT2D eigenvalue weighted by molar-refractivity contribution is -0.389. The van der Waals surface area contributed by atoms with Gasteiger partial charge in [-0.2, -0.15) is 0 Å². The molecular formula is C48H76O20. The maximum atomic E-state index is 13.2. The van der Waals surface area contributed by atoms with E-state index in [2.05, 4.69) is 33.8 Å². The van der Waals surface area contributed by atoms with Gasteiger partial charge in [-0.15, -0.1) is 0 Å². The first kappa shape index (κ1) is 52.4. The van der Waals surface area contributed by atoms with Crippen LogP contribution in [0.2, 0.25) is 0 Å². The van der Waals surface area contributed by atoms with Gasteiger partial charge in [0.1, 0.15) is 61.0 Å². The summed E-state index contributed by atoms with van der Waals surface area (Å²) >= 11 is 0. The summed E-state index contributed by atoms with van der Waals surface area (Å²) in [6.07, 6.45) is -18.5. The second kappa shape index (κ2) is 18.5. The Morgan fingerprint density at radius 2 is 1.32 bits per heavy atom. The van der Waals surface area contributed by atoms with Gasteiger partial charge in [0.25, 0.3) is 0 Å². The van der Waals surface area contributed by atoms with Gasteiger partial charge >= 0.3 is 11.9 Å². The lowest BCUT2D eigenvalue weighted by Gasteiger charge is -2.71. The highest BCUT2D eigenvalue weighted by molar-refractivity contribution is 5.76. The van der Waals surface area contributed by atoms with Crippen molar-refractivity contribution in [3.8, 4) is 0 Å². The molecule has 7 fully saturated rings. The quantitative estimate of drug-likeness (QED) is 0.0940. The molecule has 25 unspecified atom stereocenters. The fraction of sp³-hybridized carbons (Fsp3) is 0.917. The first-order valence-electron chi connectivity index (χ1n) is 24.5. The van der Waals surface area contributed by atoms with E-state index in [0.717, 1.165) is 19.3 Å². The van der Waals surface area contributed by atoms with Crippen LogP contribution in [0.5, 0.6) is 0 Å². The van der Waals surface area contributed by atoms with E-state index in [1.54, 1.807) is 0 Å². The monoisotopic (exact) mass is 972 g/mol. The van der Waals surface area contributed by atoms with Gasteiger partial charge in [-0.1, -0.05) is 46.3 Å². The van der Waals surface area contributed by atoms with Crippen LogP contribution in [0.25, 0.3) is 0 Å². The van der Waals surface area contributed by atoms with Crippen molar-refractivity contribution >= 4 is 11.9 Å². The van der Waals surface area contributed by atoms with Crippen molar-refractivity contribution in [2.75, 3.05) is 19.8 Å². The van der Waals surface area contributed by atoms with E-state index in [1.807, 2.05) is 6.92 Å². The molecule has 0 bridgehead atoms. The zero-order valence-corrected chi connectivity index (χ0v) is 39.9. The highest BCUT2D eigenvalue weighted by Gasteiger charge is 2.70. The van der Waals surface area contributed by atoms with Gasteiger partial charge in [0.05, 0.1) is 30.8 Å². The minimum atomic E-state index is -2.04. The topological polar surface area (TPSA) is 332 Å². The Bertz CT molecular complexity index is 1910. The third-order valence-corrected chi connectivity index (χ3v) is 19.7. The van der Waals surface area contributed by atoms with Crippen LogP contribution < -0.4 is 0 Å². The zero-order valence-electron chi connectivity index (χ0n) is 39.9. The minimum Gasteiger partial charge on any atom is -0.481 e. The molecule has 3 aliphatic heterocycles. The van der Waals surface area contributed by atoms with E-state index in [4.69, 9.17) is 28.4 Å². The predicted molar refractivity (Wildman–Crippen MR) is 233 cm³/mol. The molecule has 0 aromatic heterocycles. The molecule has 20 heteroatoms. The maximum absolute atomic E-state index is 13.2. The largest absolute Gasteiger partial charge is 0.481 e. The second-order valence-electron chi connectivity index (χ2n) is 23.1. The van der Waals surface area contributed by atoms with Crippen molar-refractivity contribution in [3.05, 3.63) is 11.6 Å². The minimum absolute atomic E-state index is 0.000769. The van der Waals surface area contributed by atoms with E-state index < -0.39 is 128 Å². The molecule has 25 atom stereocenters. The molecule has 8 rings (SSSR count). The van der Waals surface area contributed by atoms with Crippen LogP contribution in [-0.2, 0) is 38.0 Å². The smallest absolute Gasteiger partial charge is 0.335 e. The van der Waals surface area contributed by atoms with E-state index in [1.165, 1.54) is 12.5 Å². The van der Waals surface area contributed by atoms with E-state index in [9.17, 15) is 70.9 Å². The van der Waals surface area contributed by atoms with Crippen molar-refractivity contribution in [2.45, 2.75) is 204 Å². The number of hydrogen-bond acceptors (Lipinski definition) is 18. The summed E-state index contributed by atoms with van der Waals surface area (Å²) in [5, 5.41) is 129. The van der Waals surface area contributed by atoms with Crippen molar-refractivity contribution in [3.63, 3.8) is 0 Å². The summed E-state index contributed by atoms with van der Waals surface area (Å²) in [7, 11) is 0. The number of allylic oxidation sites excluding steroid dienone is 2. The van der Waals surface area contributed by atoms with E-state index in [-0.39, 0.29) is 52.6 Å². The second-order valence-corrected chi connectivity index (χ2v) is 23.1. The molecule has 8 aliphatic rings. The molecular weight excluding hydrogens is 897 g/mol. The number of hydrogen-bond donors (Lipinski definition) is 12. The summed E-state index contributed by atoms with van der Waals surface area (Å²) in [4.78, 5) is 24.9. The Hall–Kier alpha value is -1.96. The van der Waals surface area contributed by atoms with Gasteiger partial charge in [-0.05, 0) is 111 Å². The summed E-state index contributed by atoms with van der Waals surface area (Å²) in [5.74, 6) is -2.58. The zero-order chi connectivity index (χ0) is 49.8. The number of aliphatic hydroxyl groups excluding tert-OH is 10. The Balaban J connectivity index is 1.04. The Morgan fingerprint density at radius 3 is 1.96 bits per heavy atom. The standard InChI is InChI=1S/C48H76O20/c1-21-28(52)35(66-39-33(57)30(54)32(56)36(67-39)38(59)60)34(58)40(63-21)68-37-31(55)29(53)24(18-49)64-41(37)65-27-10-11-44(3)25(45(27,4)20-51)9-12-47(6)26(44)8-7-22-23-17-43(2,19-50)13-15-48(23,42(61)62)16-14-46(22,47)5/h7,21,23-37,39-41,49-58H,8-20H2,1-6H3,(H,59,60)(H,61,62). The number of ether oxygens (including phenoxy) is 6. The number of fused-ring (bicyclic) bond motifs is 7. The summed E-state index contributed by atoms with van der Waals surface area (Å²) < 4.78 is 35.8. The number of aliphatic hydroxyl groups is 10. The lowest BCUT2D eigenvalue weighted by Crippen LogP contribution is -2.68. The van der Waals surface area contributed by atoms with Crippen molar-refractivity contribution in [1.29, 1.82) is 0 Å². The van der Waals surface area contributed by atoms with E-state index >= 15 is 0 Å². The number of rotatable bonds is 11. The lowest BCUT2D eigenvalue weighted by atomic mass is 9.33. The molecule has 5 aliphatic carbocycles. The molecule has 68 heavy (non-hydrogen) atoms. The van der Waals surface area contributed by atoms with Gasteiger partial charge in [0, 0.05) is 12.0 Å². The average Bonchev–Trinajstić information content (AvgIpc) is 3.29. The molecule has 3 saturated heterocycles. The Labute approximate surface area is 396 Å². The molecule has 388 valence electrons. The van der Waals surface area contributed by atoms with Crippen LogP contribution in [0.1, 0.15) is 106 Å². The average molecular weight is 973 g/mol. The van der Waals surface area contributed by atoms with Crippen molar-refractivity contribution < 1.29 is 99.3 Å². The fourth-order valence-corrected chi connectivity index (χ4v) is 15.1. The molecule has 0 aromatic rings. The third kappa shape index (κ3) is 7.94. The molecule has 0 spiro atoms. The number of carboxylic acids is 2. The van der Waals surface area contributed by atoms with Crippen LogP contribution in [0.4, 0.5) is 0 Å². The first-order chi connectivity index (χ1) is 31.8. The Kier molecular flexibility index (Phi) is 14.3. The predicted octanol–water partition coefficient (Wildman–Crippen LogP) is -0.229. The van der Waals surface area contributed by atoms with Crippen molar-refractivity contribution in [2.24, 2.45) is 50.2 Å². The highest BCUT2D eigenvalue weighted by Crippen LogP contribution is 2.76. The van der Waals surface area contributed by atoms with Crippen LogP contribution in [0.15, 0.2) is 11.6 Å². The normalized spacial score (nSPS) is 54.9. The maximum Gasteiger partial charge on any atom is 0.335 e. The Morgan fingerprint density at radius 1 is 0.662 bits per heavy atom.